The largest absolute Gasteiger partial charge is 0.416 e. The van der Waals surface area contributed by atoms with Gasteiger partial charge in [0.05, 0.1) is 12.1 Å². The second-order valence-electron chi connectivity index (χ2n) is 5.59. The molecule has 0 radical (unpaired) electrons. The molecule has 0 amide bonds. The van der Waals surface area contributed by atoms with Crippen LogP contribution in [0.4, 0.5) is 13.2 Å². The van der Waals surface area contributed by atoms with Crippen LogP contribution in [0.15, 0.2) is 24.3 Å². The van der Waals surface area contributed by atoms with Crippen molar-refractivity contribution in [3.05, 3.63) is 35.4 Å². The van der Waals surface area contributed by atoms with Crippen LogP contribution in [-0.4, -0.2) is 24.3 Å². The van der Waals surface area contributed by atoms with E-state index < -0.39 is 11.7 Å². The average molecular weight is 311 g/mol. The Morgan fingerprint density at radius 1 is 1.14 bits per heavy atom. The fourth-order valence-corrected chi connectivity index (χ4v) is 2.77. The molecule has 1 aliphatic rings. The van der Waals surface area contributed by atoms with Crippen molar-refractivity contribution in [3.63, 3.8) is 0 Å². The zero-order chi connectivity index (χ0) is 16.0. The van der Waals surface area contributed by atoms with Crippen molar-refractivity contribution in [1.29, 1.82) is 0 Å². The number of halogens is 3. The highest BCUT2D eigenvalue weighted by atomic mass is 19.4. The highest BCUT2D eigenvalue weighted by Crippen LogP contribution is 2.29. The molecular formula is C17H20F3NO. The molecule has 2 N–H and O–H groups in total. The van der Waals surface area contributed by atoms with Gasteiger partial charge < -0.3 is 10.4 Å². The zero-order valence-electron chi connectivity index (χ0n) is 12.3. The number of hydrogen-bond donors (Lipinski definition) is 2. The average Bonchev–Trinajstić information content (AvgIpc) is 2.51. The number of rotatable bonds is 3. The first kappa shape index (κ1) is 16.9. The predicted molar refractivity (Wildman–Crippen MR) is 79.2 cm³/mol. The van der Waals surface area contributed by atoms with Crippen molar-refractivity contribution in [2.75, 3.05) is 13.2 Å². The lowest BCUT2D eigenvalue weighted by Crippen LogP contribution is -2.40. The Kier molecular flexibility index (Phi) is 5.87. The third-order valence-corrected chi connectivity index (χ3v) is 4.04. The molecule has 1 aromatic rings. The summed E-state index contributed by atoms with van der Waals surface area (Å²) in [7, 11) is 0. The summed E-state index contributed by atoms with van der Waals surface area (Å²) in [6, 6.07) is 5.13. The van der Waals surface area contributed by atoms with Gasteiger partial charge in [-0.2, -0.15) is 13.2 Å². The van der Waals surface area contributed by atoms with Crippen molar-refractivity contribution in [3.8, 4) is 11.8 Å². The fourth-order valence-electron chi connectivity index (χ4n) is 2.77. The molecule has 22 heavy (non-hydrogen) atoms. The van der Waals surface area contributed by atoms with Crippen LogP contribution in [0.25, 0.3) is 0 Å². The monoisotopic (exact) mass is 311 g/mol. The third-order valence-electron chi connectivity index (χ3n) is 4.04. The van der Waals surface area contributed by atoms with Gasteiger partial charge in [-0.15, -0.1) is 0 Å². The summed E-state index contributed by atoms with van der Waals surface area (Å²) >= 11 is 0. The van der Waals surface area contributed by atoms with Gasteiger partial charge in [0, 0.05) is 18.2 Å². The van der Waals surface area contributed by atoms with Gasteiger partial charge in [0.2, 0.25) is 0 Å². The van der Waals surface area contributed by atoms with E-state index in [1.54, 1.807) is 0 Å². The van der Waals surface area contributed by atoms with Gasteiger partial charge in [-0.05, 0) is 43.0 Å². The summed E-state index contributed by atoms with van der Waals surface area (Å²) < 4.78 is 37.3. The van der Waals surface area contributed by atoms with E-state index >= 15 is 0 Å². The molecule has 0 unspecified atom stereocenters. The Morgan fingerprint density at radius 3 is 2.45 bits per heavy atom. The van der Waals surface area contributed by atoms with E-state index in [0.29, 0.717) is 12.1 Å². The molecule has 2 atom stereocenters. The number of aliphatic hydroxyl groups excluding tert-OH is 1. The lowest BCUT2D eigenvalue weighted by molar-refractivity contribution is -0.137. The molecule has 0 aliphatic heterocycles. The SMILES string of the molecule is OC[C@@H]1CCCC[C@@H]1NCC#Cc1ccc(C(F)(F)F)cc1. The van der Waals surface area contributed by atoms with Crippen molar-refractivity contribution in [2.24, 2.45) is 5.92 Å². The molecule has 0 aromatic heterocycles. The van der Waals surface area contributed by atoms with E-state index in [0.717, 1.165) is 37.8 Å². The first-order chi connectivity index (χ1) is 10.5. The van der Waals surface area contributed by atoms with Crippen LogP contribution in [0.3, 0.4) is 0 Å². The molecule has 5 heteroatoms. The molecule has 2 nitrogen and oxygen atoms in total. The van der Waals surface area contributed by atoms with Crippen molar-refractivity contribution < 1.29 is 18.3 Å². The first-order valence-electron chi connectivity index (χ1n) is 7.51. The van der Waals surface area contributed by atoms with Gasteiger partial charge in [0.1, 0.15) is 0 Å². The smallest absolute Gasteiger partial charge is 0.396 e. The molecule has 1 saturated carbocycles. The van der Waals surface area contributed by atoms with Crippen molar-refractivity contribution in [2.45, 2.75) is 37.9 Å². The molecular weight excluding hydrogens is 291 g/mol. The molecule has 1 fully saturated rings. The van der Waals surface area contributed by atoms with E-state index in [-0.39, 0.29) is 18.6 Å². The Labute approximate surface area is 128 Å². The summed E-state index contributed by atoms with van der Waals surface area (Å²) in [6.45, 7) is 0.659. The number of nitrogens with one attached hydrogen (secondary N) is 1. The third kappa shape index (κ3) is 4.75. The molecule has 1 aromatic carbocycles. The number of alkyl halides is 3. The topological polar surface area (TPSA) is 32.3 Å². The van der Waals surface area contributed by atoms with Crippen LogP contribution >= 0.6 is 0 Å². The predicted octanol–water partition coefficient (Wildman–Crippen LogP) is 3.20. The number of benzene rings is 1. The Hall–Kier alpha value is -1.51. The van der Waals surface area contributed by atoms with Crippen LogP contribution in [0.5, 0.6) is 0 Å². The maximum Gasteiger partial charge on any atom is 0.416 e. The minimum absolute atomic E-state index is 0.185. The first-order valence-corrected chi connectivity index (χ1v) is 7.51. The van der Waals surface area contributed by atoms with E-state index in [1.165, 1.54) is 12.1 Å². The summed E-state index contributed by atoms with van der Waals surface area (Å²) in [5.41, 5.74) is -0.0960. The molecule has 2 rings (SSSR count). The van der Waals surface area contributed by atoms with E-state index in [4.69, 9.17) is 0 Å². The van der Waals surface area contributed by atoms with Crippen LogP contribution < -0.4 is 5.32 Å². The van der Waals surface area contributed by atoms with Gasteiger partial charge in [0.15, 0.2) is 0 Å². The van der Waals surface area contributed by atoms with E-state index in [1.807, 2.05) is 0 Å². The van der Waals surface area contributed by atoms with E-state index in [9.17, 15) is 18.3 Å². The fraction of sp³-hybridized carbons (Fsp3) is 0.529. The van der Waals surface area contributed by atoms with Crippen LogP contribution in [0.1, 0.15) is 36.8 Å². The minimum atomic E-state index is -4.31. The molecule has 1 aliphatic carbocycles. The van der Waals surface area contributed by atoms with Crippen LogP contribution in [0.2, 0.25) is 0 Å². The van der Waals surface area contributed by atoms with Gasteiger partial charge in [-0.1, -0.05) is 24.7 Å². The molecule has 120 valence electrons. The highest BCUT2D eigenvalue weighted by molar-refractivity contribution is 5.37. The van der Waals surface area contributed by atoms with Gasteiger partial charge in [0.25, 0.3) is 0 Å². The normalized spacial score (nSPS) is 22.0. The van der Waals surface area contributed by atoms with E-state index in [2.05, 4.69) is 17.2 Å². The molecule has 0 heterocycles. The summed E-state index contributed by atoms with van der Waals surface area (Å²) in [6.07, 6.45) is 0.0582. The maximum atomic E-state index is 12.4. The van der Waals surface area contributed by atoms with Gasteiger partial charge >= 0.3 is 6.18 Å². The second-order valence-corrected chi connectivity index (χ2v) is 5.59. The van der Waals surface area contributed by atoms with Crippen LogP contribution in [-0.2, 0) is 6.18 Å². The van der Waals surface area contributed by atoms with Crippen molar-refractivity contribution >= 4 is 0 Å². The summed E-state index contributed by atoms with van der Waals surface area (Å²) in [4.78, 5) is 0. The van der Waals surface area contributed by atoms with Gasteiger partial charge in [-0.25, -0.2) is 0 Å². The van der Waals surface area contributed by atoms with Crippen molar-refractivity contribution in [1.82, 2.24) is 5.32 Å². The molecule has 0 bridgehead atoms. The quantitative estimate of drug-likeness (QED) is 0.840. The standard InChI is InChI=1S/C17H20F3NO/c18-17(19,20)15-9-7-13(8-10-15)4-3-11-21-16-6-2-1-5-14(16)12-22/h7-10,14,16,21-22H,1-2,5-6,11-12H2/t14-,16-/m0/s1. The summed E-state index contributed by atoms with van der Waals surface area (Å²) in [5.74, 6) is 6.06. The molecule has 0 spiro atoms. The van der Waals surface area contributed by atoms with Gasteiger partial charge in [-0.3, -0.25) is 0 Å². The Morgan fingerprint density at radius 2 is 1.82 bits per heavy atom. The highest BCUT2D eigenvalue weighted by Gasteiger charge is 2.29. The maximum absolute atomic E-state index is 12.4. The second kappa shape index (κ2) is 7.66. The minimum Gasteiger partial charge on any atom is -0.396 e. The molecule has 0 saturated heterocycles. The summed E-state index contributed by atoms with van der Waals surface area (Å²) in [5, 5.41) is 12.6. The lowest BCUT2D eigenvalue weighted by atomic mass is 9.85. The van der Waals surface area contributed by atoms with Crippen LogP contribution in [0, 0.1) is 17.8 Å². The number of aliphatic hydroxyl groups is 1. The Bertz CT molecular complexity index is 528. The zero-order valence-corrected chi connectivity index (χ0v) is 12.3. The Balaban J connectivity index is 1.86. The lowest BCUT2D eigenvalue weighted by Gasteiger charge is -2.30. The number of hydrogen-bond acceptors (Lipinski definition) is 2.